The fourth-order valence-electron chi connectivity index (χ4n) is 1.87. The van der Waals surface area contributed by atoms with E-state index in [4.69, 9.17) is 5.73 Å². The fourth-order valence-corrected chi connectivity index (χ4v) is 1.87. The third-order valence-corrected chi connectivity index (χ3v) is 2.65. The molecule has 0 spiro atoms. The van der Waals surface area contributed by atoms with Gasteiger partial charge < -0.3 is 10.7 Å². The Kier molecular flexibility index (Phi) is 3.32. The number of alkyl halides is 3. The Morgan fingerprint density at radius 3 is 2.68 bits per heavy atom. The van der Waals surface area contributed by atoms with Crippen LogP contribution < -0.4 is 11.4 Å². The summed E-state index contributed by atoms with van der Waals surface area (Å²) >= 11 is 0. The number of H-pyrrole nitrogens is 1. The molecule has 0 aliphatic carbocycles. The summed E-state index contributed by atoms with van der Waals surface area (Å²) in [4.78, 5) is 17.4. The number of hydrogen-bond donors (Lipinski definition) is 2. The molecule has 102 valence electrons. The van der Waals surface area contributed by atoms with Crippen molar-refractivity contribution in [2.45, 2.75) is 25.6 Å². The lowest BCUT2D eigenvalue weighted by atomic mass is 10.1. The predicted octanol–water partition coefficient (Wildman–Crippen LogP) is 1.83. The molecule has 0 aliphatic heterocycles. The van der Waals surface area contributed by atoms with Gasteiger partial charge in [0, 0.05) is 23.5 Å². The van der Waals surface area contributed by atoms with E-state index in [1.165, 1.54) is 6.07 Å². The number of nitrogens with zero attached hydrogens (tertiary/aromatic N) is 1. The first-order valence-electron chi connectivity index (χ1n) is 5.63. The molecule has 2 rings (SSSR count). The summed E-state index contributed by atoms with van der Waals surface area (Å²) in [6.45, 7) is 1.71. The van der Waals surface area contributed by atoms with Crippen molar-refractivity contribution in [3.8, 4) is 0 Å². The first kappa shape index (κ1) is 13.5. The van der Waals surface area contributed by atoms with Crippen molar-refractivity contribution in [3.63, 3.8) is 0 Å². The predicted molar refractivity (Wildman–Crippen MR) is 64.7 cm³/mol. The molecule has 0 saturated heterocycles. The van der Waals surface area contributed by atoms with Crippen LogP contribution in [-0.2, 0) is 12.6 Å². The van der Waals surface area contributed by atoms with Gasteiger partial charge in [-0.25, -0.2) is 4.79 Å². The molecule has 0 fully saturated rings. The molecule has 1 aromatic heterocycles. The molecular weight excluding hydrogens is 259 g/mol. The molecule has 0 amide bonds. The lowest BCUT2D eigenvalue weighted by molar-refractivity contribution is -0.137. The van der Waals surface area contributed by atoms with Crippen molar-refractivity contribution < 1.29 is 13.2 Å². The molecule has 1 unspecified atom stereocenters. The molecule has 19 heavy (non-hydrogen) atoms. The number of nitrogens with one attached hydrogen (secondary N) is 1. The summed E-state index contributed by atoms with van der Waals surface area (Å²) < 4.78 is 38.0. The zero-order valence-electron chi connectivity index (χ0n) is 10.1. The van der Waals surface area contributed by atoms with Crippen LogP contribution in [0.25, 0.3) is 10.9 Å². The minimum absolute atomic E-state index is 0.229. The van der Waals surface area contributed by atoms with Crippen LogP contribution in [0, 0.1) is 0 Å². The molecule has 1 heterocycles. The Balaban J connectivity index is 2.68. The van der Waals surface area contributed by atoms with E-state index in [0.29, 0.717) is 5.69 Å². The van der Waals surface area contributed by atoms with Gasteiger partial charge in [0.1, 0.15) is 0 Å². The maximum atomic E-state index is 12.7. The van der Waals surface area contributed by atoms with Crippen LogP contribution in [0.4, 0.5) is 13.2 Å². The summed E-state index contributed by atoms with van der Waals surface area (Å²) in [6, 6.07) is 2.80. The minimum Gasteiger partial charge on any atom is -0.328 e. The van der Waals surface area contributed by atoms with Crippen LogP contribution in [0.5, 0.6) is 0 Å². The molecule has 0 aliphatic rings. The SMILES string of the molecule is CC(N)Cc1[nH]c(=O)nc2ccc(C(F)(F)F)cc12. The molecule has 7 heteroatoms. The van der Waals surface area contributed by atoms with E-state index in [-0.39, 0.29) is 23.4 Å². The number of halogens is 3. The highest BCUT2D eigenvalue weighted by Crippen LogP contribution is 2.31. The van der Waals surface area contributed by atoms with Gasteiger partial charge in [0.15, 0.2) is 0 Å². The fraction of sp³-hybridized carbons (Fsp3) is 0.333. The first-order valence-corrected chi connectivity index (χ1v) is 5.63. The second-order valence-corrected chi connectivity index (χ2v) is 4.43. The van der Waals surface area contributed by atoms with Gasteiger partial charge in [0.2, 0.25) is 0 Å². The van der Waals surface area contributed by atoms with Gasteiger partial charge in [-0.3, -0.25) is 0 Å². The number of hydrogen-bond acceptors (Lipinski definition) is 3. The van der Waals surface area contributed by atoms with E-state index in [0.717, 1.165) is 12.1 Å². The molecule has 4 nitrogen and oxygen atoms in total. The Labute approximate surface area is 106 Å². The zero-order chi connectivity index (χ0) is 14.2. The van der Waals surface area contributed by atoms with Crippen molar-refractivity contribution in [2.24, 2.45) is 5.73 Å². The van der Waals surface area contributed by atoms with Gasteiger partial charge >= 0.3 is 11.9 Å². The minimum atomic E-state index is -4.43. The smallest absolute Gasteiger partial charge is 0.328 e. The van der Waals surface area contributed by atoms with Gasteiger partial charge in [-0.15, -0.1) is 0 Å². The number of aromatic amines is 1. The van der Waals surface area contributed by atoms with E-state index < -0.39 is 17.4 Å². The van der Waals surface area contributed by atoms with Crippen molar-refractivity contribution in [2.75, 3.05) is 0 Å². The van der Waals surface area contributed by atoms with Gasteiger partial charge in [-0.1, -0.05) is 0 Å². The van der Waals surface area contributed by atoms with Crippen LogP contribution in [-0.4, -0.2) is 16.0 Å². The largest absolute Gasteiger partial charge is 0.416 e. The van der Waals surface area contributed by atoms with E-state index in [1.807, 2.05) is 0 Å². The lowest BCUT2D eigenvalue weighted by Gasteiger charge is -2.11. The standard InChI is InChI=1S/C12H12F3N3O/c1-6(16)4-10-8-5-7(12(13,14)15)2-3-9(8)17-11(19)18-10/h2-3,5-6H,4,16H2,1H3,(H,17,18,19). The Morgan fingerprint density at radius 1 is 1.42 bits per heavy atom. The average molecular weight is 271 g/mol. The topological polar surface area (TPSA) is 71.8 Å². The van der Waals surface area contributed by atoms with E-state index in [9.17, 15) is 18.0 Å². The number of nitrogens with two attached hydrogens (primary N) is 1. The van der Waals surface area contributed by atoms with Crippen LogP contribution in [0.2, 0.25) is 0 Å². The van der Waals surface area contributed by atoms with Gasteiger partial charge in [-0.2, -0.15) is 18.2 Å². The monoisotopic (exact) mass is 271 g/mol. The second-order valence-electron chi connectivity index (χ2n) is 4.43. The van der Waals surface area contributed by atoms with Gasteiger partial charge in [0.25, 0.3) is 0 Å². The summed E-state index contributed by atoms with van der Waals surface area (Å²) in [5, 5.41) is 0.270. The van der Waals surface area contributed by atoms with Crippen LogP contribution in [0.15, 0.2) is 23.0 Å². The second kappa shape index (κ2) is 4.65. The average Bonchev–Trinajstić information content (AvgIpc) is 2.26. The highest BCUT2D eigenvalue weighted by atomic mass is 19.4. The molecule has 0 bridgehead atoms. The summed E-state index contributed by atoms with van der Waals surface area (Å²) in [6.07, 6.45) is -4.16. The van der Waals surface area contributed by atoms with Gasteiger partial charge in [0.05, 0.1) is 11.1 Å². The summed E-state index contributed by atoms with van der Waals surface area (Å²) in [5.41, 5.74) is 4.85. The van der Waals surface area contributed by atoms with Crippen LogP contribution >= 0.6 is 0 Å². The van der Waals surface area contributed by atoms with E-state index in [2.05, 4.69) is 9.97 Å². The van der Waals surface area contributed by atoms with Crippen LogP contribution in [0.1, 0.15) is 18.2 Å². The maximum Gasteiger partial charge on any atom is 0.416 e. The maximum absolute atomic E-state index is 12.7. The van der Waals surface area contributed by atoms with Crippen molar-refractivity contribution >= 4 is 10.9 Å². The third-order valence-electron chi connectivity index (χ3n) is 2.65. The number of aromatic nitrogens is 2. The molecule has 0 radical (unpaired) electrons. The number of rotatable bonds is 2. The number of fused-ring (bicyclic) bond motifs is 1. The lowest BCUT2D eigenvalue weighted by Crippen LogP contribution is -2.22. The Hall–Kier alpha value is -1.89. The van der Waals surface area contributed by atoms with E-state index in [1.54, 1.807) is 6.92 Å². The third kappa shape index (κ3) is 2.93. The molecular formula is C12H12F3N3O. The zero-order valence-corrected chi connectivity index (χ0v) is 10.1. The summed E-state index contributed by atoms with van der Waals surface area (Å²) in [7, 11) is 0. The number of benzene rings is 1. The van der Waals surface area contributed by atoms with Crippen molar-refractivity contribution in [1.82, 2.24) is 9.97 Å². The highest BCUT2D eigenvalue weighted by molar-refractivity contribution is 5.81. The van der Waals surface area contributed by atoms with Crippen LogP contribution in [0.3, 0.4) is 0 Å². The molecule has 1 aromatic carbocycles. The van der Waals surface area contributed by atoms with E-state index >= 15 is 0 Å². The first-order chi connectivity index (χ1) is 8.77. The molecule has 2 aromatic rings. The van der Waals surface area contributed by atoms with Crippen molar-refractivity contribution in [1.29, 1.82) is 0 Å². The quantitative estimate of drug-likeness (QED) is 0.875. The molecule has 0 saturated carbocycles. The summed E-state index contributed by atoms with van der Waals surface area (Å²) in [5.74, 6) is 0. The van der Waals surface area contributed by atoms with Crippen molar-refractivity contribution in [3.05, 3.63) is 39.9 Å². The Bertz CT molecular complexity index is 661. The molecule has 3 N–H and O–H groups in total. The Morgan fingerprint density at radius 2 is 2.11 bits per heavy atom. The highest BCUT2D eigenvalue weighted by Gasteiger charge is 2.30. The molecule has 1 atom stereocenters. The normalized spacial score (nSPS) is 13.7. The van der Waals surface area contributed by atoms with Gasteiger partial charge in [-0.05, 0) is 25.1 Å².